The third-order valence-corrected chi connectivity index (χ3v) is 6.71. The lowest BCUT2D eigenvalue weighted by Gasteiger charge is -2.11. The van der Waals surface area contributed by atoms with Gasteiger partial charge in [-0.2, -0.15) is 9.78 Å². The van der Waals surface area contributed by atoms with Gasteiger partial charge in [-0.05, 0) is 52.7 Å². The smallest absolute Gasteiger partial charge is 0.312 e. The van der Waals surface area contributed by atoms with Gasteiger partial charge in [-0.1, -0.05) is 60.7 Å². The van der Waals surface area contributed by atoms with E-state index in [1.54, 1.807) is 42.5 Å². The highest BCUT2D eigenvalue weighted by atomic mass is 79.9. The number of nitrogens with zero attached hydrogens (tertiary/aromatic N) is 4. The number of aryl methyl sites for hydroxylation is 1. The summed E-state index contributed by atoms with van der Waals surface area (Å²) in [6.45, 7) is 1.41. The SMILES string of the molecule is Cc1ccccc1NC(=O)COc1c(Br)cc(C=Nn2c(-c3ccccc3)nc3ccccc3c2=O)cc1[N+](=O)[O-]. The number of nitro benzene ring substituents is 1. The molecule has 0 fully saturated rings. The fraction of sp³-hybridized carbons (Fsp3) is 0.0667. The van der Waals surface area contributed by atoms with Crippen molar-refractivity contribution < 1.29 is 14.5 Å². The third kappa shape index (κ3) is 6.04. The molecule has 5 rings (SSSR count). The predicted octanol–water partition coefficient (Wildman–Crippen LogP) is 5.94. The Labute approximate surface area is 242 Å². The lowest BCUT2D eigenvalue weighted by molar-refractivity contribution is -0.385. The third-order valence-electron chi connectivity index (χ3n) is 6.12. The first-order valence-electron chi connectivity index (χ1n) is 12.4. The zero-order valence-corrected chi connectivity index (χ0v) is 23.2. The second-order valence-corrected chi connectivity index (χ2v) is 9.79. The van der Waals surface area contributed by atoms with Crippen molar-refractivity contribution in [2.75, 3.05) is 11.9 Å². The second-order valence-electron chi connectivity index (χ2n) is 8.94. The number of carbonyl (C=O) groups is 1. The van der Waals surface area contributed by atoms with Crippen LogP contribution in [0.3, 0.4) is 0 Å². The van der Waals surface area contributed by atoms with Gasteiger partial charge < -0.3 is 10.1 Å². The minimum atomic E-state index is -0.615. The molecule has 0 saturated carbocycles. The molecule has 1 heterocycles. The minimum Gasteiger partial charge on any atom is -0.476 e. The van der Waals surface area contributed by atoms with Crippen molar-refractivity contribution in [3.05, 3.63) is 127 Å². The number of nitrogens with one attached hydrogen (secondary N) is 1. The fourth-order valence-corrected chi connectivity index (χ4v) is 4.70. The first-order valence-corrected chi connectivity index (χ1v) is 13.2. The van der Waals surface area contributed by atoms with Crippen molar-refractivity contribution in [1.29, 1.82) is 0 Å². The number of aromatic nitrogens is 2. The van der Waals surface area contributed by atoms with Crippen LogP contribution in [0.1, 0.15) is 11.1 Å². The number of rotatable bonds is 8. The van der Waals surface area contributed by atoms with Gasteiger partial charge in [-0.15, -0.1) is 0 Å². The molecule has 0 unspecified atom stereocenters. The lowest BCUT2D eigenvalue weighted by atomic mass is 10.2. The molecular formula is C30H22BrN5O5. The summed E-state index contributed by atoms with van der Waals surface area (Å²) >= 11 is 3.32. The Kier molecular flexibility index (Phi) is 7.97. The number of ether oxygens (including phenoxy) is 1. The van der Waals surface area contributed by atoms with Crippen molar-refractivity contribution in [3.8, 4) is 17.1 Å². The summed E-state index contributed by atoms with van der Waals surface area (Å²) in [6.07, 6.45) is 1.33. The number of hydrogen-bond donors (Lipinski definition) is 1. The lowest BCUT2D eigenvalue weighted by Crippen LogP contribution is -2.21. The molecule has 0 bridgehead atoms. The van der Waals surface area contributed by atoms with Crippen LogP contribution in [-0.4, -0.2) is 33.3 Å². The maximum Gasteiger partial charge on any atom is 0.312 e. The van der Waals surface area contributed by atoms with Gasteiger partial charge in [-0.25, -0.2) is 4.98 Å². The second kappa shape index (κ2) is 11.9. The summed E-state index contributed by atoms with van der Waals surface area (Å²) in [4.78, 5) is 41.8. The predicted molar refractivity (Wildman–Crippen MR) is 161 cm³/mol. The molecule has 0 atom stereocenters. The Balaban J connectivity index is 1.46. The van der Waals surface area contributed by atoms with E-state index in [1.165, 1.54) is 12.3 Å². The fourth-order valence-electron chi connectivity index (χ4n) is 4.12. The van der Waals surface area contributed by atoms with E-state index in [1.807, 2.05) is 49.4 Å². The summed E-state index contributed by atoms with van der Waals surface area (Å²) in [7, 11) is 0. The zero-order valence-electron chi connectivity index (χ0n) is 21.7. The minimum absolute atomic E-state index is 0.110. The van der Waals surface area contributed by atoms with Crippen LogP contribution in [0.5, 0.6) is 5.75 Å². The molecule has 0 saturated heterocycles. The number of carbonyl (C=O) groups excluding carboxylic acids is 1. The highest BCUT2D eigenvalue weighted by Gasteiger charge is 2.21. The molecule has 10 nitrogen and oxygen atoms in total. The van der Waals surface area contributed by atoms with Gasteiger partial charge >= 0.3 is 5.69 Å². The molecule has 0 aliphatic heterocycles. The van der Waals surface area contributed by atoms with E-state index in [4.69, 9.17) is 4.74 Å². The van der Waals surface area contributed by atoms with E-state index in [-0.39, 0.29) is 21.5 Å². The number of amides is 1. The van der Waals surface area contributed by atoms with Crippen LogP contribution >= 0.6 is 15.9 Å². The standard InChI is InChI=1S/C30H22BrN5O5/c1-19-9-5-7-13-24(19)33-27(37)18-41-28-23(31)15-20(16-26(28)36(39)40)17-32-35-29(21-10-3-2-4-11-21)34-25-14-8-6-12-22(25)30(35)38/h2-17H,18H2,1H3,(H,33,37). The van der Waals surface area contributed by atoms with Gasteiger partial charge in [0.15, 0.2) is 12.4 Å². The molecule has 0 aliphatic carbocycles. The van der Waals surface area contributed by atoms with E-state index >= 15 is 0 Å². The van der Waals surface area contributed by atoms with Gasteiger partial charge in [0.25, 0.3) is 11.5 Å². The van der Waals surface area contributed by atoms with Crippen LogP contribution < -0.4 is 15.6 Å². The van der Waals surface area contributed by atoms with Crippen molar-refractivity contribution in [2.45, 2.75) is 6.92 Å². The first kappa shape index (κ1) is 27.4. The van der Waals surface area contributed by atoms with Gasteiger partial charge in [0.2, 0.25) is 5.75 Å². The number of anilines is 1. The topological polar surface area (TPSA) is 129 Å². The van der Waals surface area contributed by atoms with E-state index in [2.05, 4.69) is 31.3 Å². The number of benzene rings is 4. The molecule has 1 amide bonds. The summed E-state index contributed by atoms with van der Waals surface area (Å²) in [5.41, 5.74) is 2.24. The van der Waals surface area contributed by atoms with Crippen LogP contribution in [-0.2, 0) is 4.79 Å². The van der Waals surface area contributed by atoms with Crippen molar-refractivity contribution in [1.82, 2.24) is 9.66 Å². The Bertz CT molecular complexity index is 1870. The number of para-hydroxylation sites is 2. The average Bonchev–Trinajstić information content (AvgIpc) is 2.97. The maximum atomic E-state index is 13.4. The molecule has 1 aromatic heterocycles. The first-order chi connectivity index (χ1) is 19.8. The van der Waals surface area contributed by atoms with Crippen molar-refractivity contribution in [2.24, 2.45) is 5.10 Å². The molecule has 204 valence electrons. The molecule has 5 aromatic rings. The highest BCUT2D eigenvalue weighted by molar-refractivity contribution is 9.10. The average molecular weight is 612 g/mol. The summed E-state index contributed by atoms with van der Waals surface area (Å²) < 4.78 is 6.96. The van der Waals surface area contributed by atoms with E-state index in [0.29, 0.717) is 33.5 Å². The molecule has 41 heavy (non-hydrogen) atoms. The highest BCUT2D eigenvalue weighted by Crippen LogP contribution is 2.36. The number of nitro groups is 1. The quantitative estimate of drug-likeness (QED) is 0.131. The van der Waals surface area contributed by atoms with E-state index < -0.39 is 17.4 Å². The van der Waals surface area contributed by atoms with Crippen LogP contribution in [0.4, 0.5) is 11.4 Å². The summed E-state index contributed by atoms with van der Waals surface area (Å²) in [5, 5.41) is 19.4. The Morgan fingerprint density at radius 3 is 2.54 bits per heavy atom. The number of hydrogen-bond acceptors (Lipinski definition) is 7. The van der Waals surface area contributed by atoms with Gasteiger partial charge in [0.05, 0.1) is 26.5 Å². The van der Waals surface area contributed by atoms with Crippen LogP contribution in [0, 0.1) is 17.0 Å². The monoisotopic (exact) mass is 611 g/mol. The molecular weight excluding hydrogens is 590 g/mol. The van der Waals surface area contributed by atoms with E-state index in [9.17, 15) is 19.7 Å². The summed E-state index contributed by atoms with van der Waals surface area (Å²) in [6, 6.07) is 26.1. The molecule has 4 aromatic carbocycles. The van der Waals surface area contributed by atoms with Gasteiger partial charge in [-0.3, -0.25) is 19.7 Å². The largest absolute Gasteiger partial charge is 0.476 e. The normalized spacial score (nSPS) is 11.1. The molecule has 1 N–H and O–H groups in total. The zero-order chi connectivity index (χ0) is 28.9. The Morgan fingerprint density at radius 2 is 1.78 bits per heavy atom. The molecule has 0 aliphatic rings. The van der Waals surface area contributed by atoms with Crippen LogP contribution in [0.15, 0.2) is 105 Å². The van der Waals surface area contributed by atoms with Crippen LogP contribution in [0.25, 0.3) is 22.3 Å². The number of halogens is 1. The van der Waals surface area contributed by atoms with E-state index in [0.717, 1.165) is 10.2 Å². The molecule has 0 spiro atoms. The Hall–Kier alpha value is -5.16. The number of fused-ring (bicyclic) bond motifs is 1. The van der Waals surface area contributed by atoms with Gasteiger partial charge in [0.1, 0.15) is 0 Å². The van der Waals surface area contributed by atoms with Crippen molar-refractivity contribution in [3.63, 3.8) is 0 Å². The molecule has 0 radical (unpaired) electrons. The van der Waals surface area contributed by atoms with Crippen molar-refractivity contribution >= 4 is 50.3 Å². The Morgan fingerprint density at radius 1 is 1.07 bits per heavy atom. The summed E-state index contributed by atoms with van der Waals surface area (Å²) in [5.74, 6) is -0.261. The maximum absolute atomic E-state index is 13.4. The molecule has 11 heteroatoms. The van der Waals surface area contributed by atoms with Gasteiger partial charge in [0, 0.05) is 22.9 Å². The van der Waals surface area contributed by atoms with Crippen LogP contribution in [0.2, 0.25) is 0 Å².